The summed E-state index contributed by atoms with van der Waals surface area (Å²) >= 11 is 1.04. The number of amides is 1. The van der Waals surface area contributed by atoms with Gasteiger partial charge >= 0.3 is 0 Å². The van der Waals surface area contributed by atoms with Crippen molar-refractivity contribution in [1.82, 2.24) is 13.6 Å². The largest absolute Gasteiger partial charge is 0.396 e. The maximum atomic E-state index is 12.7. The van der Waals surface area contributed by atoms with Gasteiger partial charge in [0.05, 0.1) is 24.0 Å². The molecule has 1 atom stereocenters. The van der Waals surface area contributed by atoms with Gasteiger partial charge in [0.2, 0.25) is 0 Å². The van der Waals surface area contributed by atoms with Crippen LogP contribution in [0.2, 0.25) is 0 Å². The summed E-state index contributed by atoms with van der Waals surface area (Å²) in [6.07, 6.45) is 3.99. The van der Waals surface area contributed by atoms with Gasteiger partial charge in [-0.2, -0.15) is 8.75 Å². The highest BCUT2D eigenvalue weighted by Gasteiger charge is 2.31. The summed E-state index contributed by atoms with van der Waals surface area (Å²) in [5, 5.41) is 9.10. The van der Waals surface area contributed by atoms with Crippen molar-refractivity contribution in [1.29, 1.82) is 0 Å². The van der Waals surface area contributed by atoms with Crippen molar-refractivity contribution in [2.45, 2.75) is 25.3 Å². The highest BCUT2D eigenvalue weighted by Crippen LogP contribution is 2.36. The zero-order valence-corrected chi connectivity index (χ0v) is 12.4. The normalized spacial score (nSPS) is 16.7. The van der Waals surface area contributed by atoms with E-state index < -0.39 is 0 Å². The third kappa shape index (κ3) is 2.82. The van der Waals surface area contributed by atoms with Gasteiger partial charge in [-0.3, -0.25) is 4.79 Å². The van der Waals surface area contributed by atoms with Gasteiger partial charge in [0.15, 0.2) is 5.69 Å². The zero-order valence-electron chi connectivity index (χ0n) is 11.6. The maximum Gasteiger partial charge on any atom is 0.275 e. The van der Waals surface area contributed by atoms with E-state index in [1.807, 2.05) is 17.0 Å². The Morgan fingerprint density at radius 3 is 3.05 bits per heavy atom. The molecule has 110 valence electrons. The van der Waals surface area contributed by atoms with Crippen LogP contribution in [0.4, 0.5) is 0 Å². The van der Waals surface area contributed by atoms with E-state index in [9.17, 15) is 4.79 Å². The standard InChI is InChI=1S/C15H17N3O2S/c19-9-3-8-18(15(20)13-10-16-21-17-13)14-7-6-11-4-1-2-5-12(11)14/h1-2,4-5,10,14,19H,3,6-9H2/t14-/m0/s1. The molecule has 2 aromatic rings. The van der Waals surface area contributed by atoms with Gasteiger partial charge < -0.3 is 10.0 Å². The number of benzene rings is 1. The van der Waals surface area contributed by atoms with Crippen LogP contribution in [0.5, 0.6) is 0 Å². The zero-order chi connectivity index (χ0) is 14.7. The highest BCUT2D eigenvalue weighted by atomic mass is 32.1. The van der Waals surface area contributed by atoms with Gasteiger partial charge in [0.25, 0.3) is 5.91 Å². The van der Waals surface area contributed by atoms with Gasteiger partial charge in [0.1, 0.15) is 0 Å². The van der Waals surface area contributed by atoms with Crippen molar-refractivity contribution < 1.29 is 9.90 Å². The number of nitrogens with zero attached hydrogens (tertiary/aromatic N) is 3. The van der Waals surface area contributed by atoms with E-state index >= 15 is 0 Å². The molecule has 0 spiro atoms. The molecule has 0 aliphatic heterocycles. The van der Waals surface area contributed by atoms with E-state index in [0.717, 1.165) is 24.6 Å². The molecular formula is C15H17N3O2S. The molecule has 0 radical (unpaired) electrons. The molecule has 21 heavy (non-hydrogen) atoms. The quantitative estimate of drug-likeness (QED) is 0.918. The van der Waals surface area contributed by atoms with E-state index in [2.05, 4.69) is 20.9 Å². The molecule has 0 saturated carbocycles. The Labute approximate surface area is 127 Å². The summed E-state index contributed by atoms with van der Waals surface area (Å²) in [5.41, 5.74) is 2.91. The van der Waals surface area contributed by atoms with Crippen LogP contribution < -0.4 is 0 Å². The van der Waals surface area contributed by atoms with Gasteiger partial charge in [-0.05, 0) is 30.4 Å². The van der Waals surface area contributed by atoms with Crippen LogP contribution in [-0.2, 0) is 6.42 Å². The minimum atomic E-state index is -0.0982. The molecule has 0 fully saturated rings. The lowest BCUT2D eigenvalue weighted by Crippen LogP contribution is -2.35. The smallest absolute Gasteiger partial charge is 0.275 e. The third-order valence-electron chi connectivity index (χ3n) is 3.88. The van der Waals surface area contributed by atoms with Crippen LogP contribution in [0.1, 0.15) is 40.5 Å². The molecule has 5 nitrogen and oxygen atoms in total. The van der Waals surface area contributed by atoms with Crippen molar-refractivity contribution in [3.63, 3.8) is 0 Å². The lowest BCUT2D eigenvalue weighted by atomic mass is 10.1. The van der Waals surface area contributed by atoms with Gasteiger partial charge in [-0.1, -0.05) is 24.3 Å². The van der Waals surface area contributed by atoms with Crippen molar-refractivity contribution in [2.24, 2.45) is 0 Å². The fourth-order valence-electron chi connectivity index (χ4n) is 2.90. The molecule has 3 rings (SSSR count). The summed E-state index contributed by atoms with van der Waals surface area (Å²) in [7, 11) is 0. The molecule has 0 bridgehead atoms. The molecule has 1 N–H and O–H groups in total. The van der Waals surface area contributed by atoms with Crippen molar-refractivity contribution >= 4 is 17.6 Å². The molecule has 1 heterocycles. The first kappa shape index (κ1) is 14.2. The van der Waals surface area contributed by atoms with Crippen molar-refractivity contribution in [2.75, 3.05) is 13.2 Å². The summed E-state index contributed by atoms with van der Waals surface area (Å²) < 4.78 is 7.96. The fraction of sp³-hybridized carbons (Fsp3) is 0.400. The third-order valence-corrected chi connectivity index (χ3v) is 4.35. The minimum Gasteiger partial charge on any atom is -0.396 e. The number of aryl methyl sites for hydroxylation is 1. The minimum absolute atomic E-state index is 0.0712. The molecule has 0 unspecified atom stereocenters. The second-order valence-electron chi connectivity index (χ2n) is 5.12. The summed E-state index contributed by atoms with van der Waals surface area (Å²) in [6, 6.07) is 8.32. The molecule has 6 heteroatoms. The van der Waals surface area contributed by atoms with Crippen LogP contribution in [0, 0.1) is 0 Å². The Morgan fingerprint density at radius 1 is 1.43 bits per heavy atom. The van der Waals surface area contributed by atoms with E-state index in [-0.39, 0.29) is 18.6 Å². The monoisotopic (exact) mass is 303 g/mol. The van der Waals surface area contributed by atoms with Crippen LogP contribution in [0.15, 0.2) is 30.5 Å². The Balaban J connectivity index is 1.88. The van der Waals surface area contributed by atoms with E-state index in [0.29, 0.717) is 18.7 Å². The van der Waals surface area contributed by atoms with Crippen LogP contribution >= 0.6 is 11.7 Å². The Kier molecular flexibility index (Phi) is 4.26. The van der Waals surface area contributed by atoms with E-state index in [1.165, 1.54) is 17.3 Å². The van der Waals surface area contributed by atoms with Crippen LogP contribution in [0.3, 0.4) is 0 Å². The van der Waals surface area contributed by atoms with Crippen LogP contribution in [-0.4, -0.2) is 37.8 Å². The molecule has 1 aliphatic carbocycles. The van der Waals surface area contributed by atoms with Gasteiger partial charge in [-0.15, -0.1) is 0 Å². The fourth-order valence-corrected chi connectivity index (χ4v) is 3.31. The second kappa shape index (κ2) is 6.32. The van der Waals surface area contributed by atoms with E-state index in [1.54, 1.807) is 0 Å². The molecule has 1 aromatic heterocycles. The predicted octanol–water partition coefficient (Wildman–Crippen LogP) is 2.05. The Morgan fingerprint density at radius 2 is 2.29 bits per heavy atom. The summed E-state index contributed by atoms with van der Waals surface area (Å²) in [6.45, 7) is 0.610. The number of carbonyl (C=O) groups is 1. The summed E-state index contributed by atoms with van der Waals surface area (Å²) in [5.74, 6) is -0.0982. The average Bonchev–Trinajstić information content (AvgIpc) is 3.17. The maximum absolute atomic E-state index is 12.7. The Hall–Kier alpha value is -1.79. The number of carbonyl (C=O) groups excluding carboxylic acids is 1. The number of aromatic nitrogens is 2. The molecule has 1 aromatic carbocycles. The lowest BCUT2D eigenvalue weighted by molar-refractivity contribution is 0.0656. The predicted molar refractivity (Wildman–Crippen MR) is 80.2 cm³/mol. The topological polar surface area (TPSA) is 66.3 Å². The number of fused-ring (bicyclic) bond motifs is 1. The number of hydrogen-bond acceptors (Lipinski definition) is 5. The number of aliphatic hydroxyl groups is 1. The SMILES string of the molecule is O=C(c1cnsn1)N(CCCO)[C@H]1CCc2ccccc21. The summed E-state index contributed by atoms with van der Waals surface area (Å²) in [4.78, 5) is 14.5. The first-order valence-electron chi connectivity index (χ1n) is 7.08. The van der Waals surface area contributed by atoms with E-state index in [4.69, 9.17) is 5.11 Å². The number of aliphatic hydroxyl groups excluding tert-OH is 1. The molecular weight excluding hydrogens is 286 g/mol. The van der Waals surface area contributed by atoms with Crippen LogP contribution in [0.25, 0.3) is 0 Å². The molecule has 0 saturated heterocycles. The number of rotatable bonds is 5. The highest BCUT2D eigenvalue weighted by molar-refractivity contribution is 6.99. The Bertz CT molecular complexity index is 615. The average molecular weight is 303 g/mol. The second-order valence-corrected chi connectivity index (χ2v) is 5.68. The van der Waals surface area contributed by atoms with Gasteiger partial charge in [-0.25, -0.2) is 0 Å². The van der Waals surface area contributed by atoms with Crippen molar-refractivity contribution in [3.8, 4) is 0 Å². The van der Waals surface area contributed by atoms with Crippen molar-refractivity contribution in [3.05, 3.63) is 47.3 Å². The first-order chi connectivity index (χ1) is 10.3. The van der Waals surface area contributed by atoms with Gasteiger partial charge in [0, 0.05) is 13.2 Å². The molecule has 1 amide bonds. The first-order valence-corrected chi connectivity index (χ1v) is 7.81. The number of hydrogen-bond donors (Lipinski definition) is 1. The molecule has 1 aliphatic rings. The lowest BCUT2D eigenvalue weighted by Gasteiger charge is -2.29.